The van der Waals surface area contributed by atoms with Crippen molar-refractivity contribution in [1.29, 1.82) is 1.28 Å². The summed E-state index contributed by atoms with van der Waals surface area (Å²) < 4.78 is 18.4. The molecule has 0 aromatic carbocycles. The molecule has 0 saturated heterocycles. The average Bonchev–Trinajstić information content (AvgIpc) is 3.84. The molecule has 6 fully saturated rings. The van der Waals surface area contributed by atoms with Gasteiger partial charge in [-0.2, -0.15) is 0 Å². The van der Waals surface area contributed by atoms with Gasteiger partial charge < -0.3 is 15.2 Å². The molecule has 6 saturated carbocycles. The molecular weight excluding hydrogens is 847 g/mol. The number of rotatable bonds is 17. The zero-order valence-electron chi connectivity index (χ0n) is 45.4. The lowest BCUT2D eigenvalue weighted by Gasteiger charge is -2.58. The van der Waals surface area contributed by atoms with Gasteiger partial charge in [-0.1, -0.05) is 136 Å². The number of ether oxygens (including phenoxy) is 2. The van der Waals surface area contributed by atoms with Crippen LogP contribution in [0.4, 0.5) is 0 Å². The molecule has 8 rings (SSSR count). The van der Waals surface area contributed by atoms with Crippen LogP contribution in [0, 0.1) is 92.7 Å². The number of nitrogens with zero attached hydrogens (tertiary/aromatic N) is 3. The fraction of sp³-hybridized carbons (Fsp3) is 0.931. The van der Waals surface area contributed by atoms with Crippen LogP contribution in [0.2, 0.25) is 0 Å². The quantitative estimate of drug-likeness (QED) is 0.0393. The van der Waals surface area contributed by atoms with Gasteiger partial charge in [0.05, 0.1) is 26.7 Å². The monoisotopic (exact) mass is 953 g/mol. The summed E-state index contributed by atoms with van der Waals surface area (Å²) in [6.45, 7) is 27.7. The van der Waals surface area contributed by atoms with Crippen molar-refractivity contribution >= 4 is 17.8 Å². The van der Waals surface area contributed by atoms with Gasteiger partial charge >= 0.3 is 0 Å². The van der Waals surface area contributed by atoms with Crippen molar-refractivity contribution in [1.82, 2.24) is 0 Å². The smallest absolute Gasteiger partial charge is 0.0613 e. The number of allylic oxidation sites excluding steroid dienone is 2. The van der Waals surface area contributed by atoms with E-state index in [4.69, 9.17) is 22.0 Å². The van der Waals surface area contributed by atoms with E-state index >= 15 is 0 Å². The van der Waals surface area contributed by atoms with Crippen LogP contribution in [-0.4, -0.2) is 39.8 Å². The minimum atomic E-state index is 0.250. The van der Waals surface area contributed by atoms with Crippen LogP contribution >= 0.6 is 17.8 Å². The molecule has 8 aliphatic rings. The van der Waals surface area contributed by atoms with Crippen molar-refractivity contribution in [2.24, 2.45) is 104 Å². The van der Waals surface area contributed by atoms with Gasteiger partial charge in [0.2, 0.25) is 0 Å². The van der Waals surface area contributed by atoms with Gasteiger partial charge in [-0.05, 0) is 201 Å². The van der Waals surface area contributed by atoms with Crippen molar-refractivity contribution in [3.8, 4) is 0 Å². The third-order valence-corrected chi connectivity index (χ3v) is 21.6. The van der Waals surface area contributed by atoms with Gasteiger partial charge in [0.15, 0.2) is 0 Å². The maximum Gasteiger partial charge on any atom is 0.0613 e. The highest BCUT2D eigenvalue weighted by atomic mass is 32.0. The summed E-state index contributed by atoms with van der Waals surface area (Å²) in [6, 6.07) is 0. The Labute approximate surface area is 413 Å². The minimum absolute atomic E-state index is 0.250. The van der Waals surface area contributed by atoms with Gasteiger partial charge in [0, 0.05) is 18.0 Å². The lowest BCUT2D eigenvalue weighted by atomic mass is 9.47. The van der Waals surface area contributed by atoms with Crippen molar-refractivity contribution in [3.05, 3.63) is 33.7 Å². The molecule has 0 radical (unpaired) electrons. The largest absolute Gasteiger partial charge is 0.378 e. The molecule has 2 N–H and O–H groups in total. The van der Waals surface area contributed by atoms with Gasteiger partial charge in [-0.15, -0.1) is 17.8 Å². The lowest BCUT2D eigenvalue weighted by molar-refractivity contribution is -0.0634. The molecule has 8 heteroatoms. The Morgan fingerprint density at radius 2 is 1.11 bits per heavy atom. The van der Waals surface area contributed by atoms with E-state index in [9.17, 15) is 0 Å². The highest BCUT2D eigenvalue weighted by molar-refractivity contribution is 7.92. The highest BCUT2D eigenvalue weighted by Crippen LogP contribution is 2.69. The van der Waals surface area contributed by atoms with Crippen molar-refractivity contribution in [2.45, 2.75) is 223 Å². The van der Waals surface area contributed by atoms with Crippen molar-refractivity contribution < 1.29 is 9.47 Å². The Balaban J connectivity index is 0.000000209. The molecule has 6 nitrogen and oxygen atoms in total. The van der Waals surface area contributed by atoms with Gasteiger partial charge in [0.1, 0.15) is 0 Å². The van der Waals surface area contributed by atoms with Crippen LogP contribution < -0.4 is 5.73 Å². The second kappa shape index (κ2) is 24.3. The number of nitrogens with two attached hydrogens (primary N) is 1. The molecule has 378 valence electrons. The van der Waals surface area contributed by atoms with Crippen LogP contribution in [0.1, 0.15) is 210 Å². The molecule has 0 aromatic heterocycles. The first-order chi connectivity index (χ1) is 32.0. The summed E-state index contributed by atoms with van der Waals surface area (Å²) in [6.07, 6.45) is 36.2. The molecule has 66 heavy (non-hydrogen) atoms. The molecular formula is C58H104N4O2P2. The molecule has 18 atom stereocenters. The van der Waals surface area contributed by atoms with E-state index in [1.165, 1.54) is 122 Å². The Kier molecular flexibility index (Phi) is 19.6. The number of hydrogen-bond acceptors (Lipinski definition) is 4. The van der Waals surface area contributed by atoms with E-state index in [1.54, 1.807) is 11.1 Å². The second-order valence-corrected chi connectivity index (χ2v) is 25.8. The van der Waals surface area contributed by atoms with Crippen LogP contribution in [0.15, 0.2) is 28.4 Å². The predicted octanol–water partition coefficient (Wildman–Crippen LogP) is 16.7. The second-order valence-electron chi connectivity index (χ2n) is 25.8. The van der Waals surface area contributed by atoms with Crippen LogP contribution in [-0.2, 0) is 9.47 Å². The van der Waals surface area contributed by atoms with Gasteiger partial charge in [-0.25, -0.2) is 0 Å². The average molecular weight is 953 g/mol. The molecule has 0 spiro atoms. The first kappa shape index (κ1) is 53.3. The molecule has 2 unspecified atom stereocenters. The standard InChI is InChI=1S/C29H49N3O.C29H51NO.H4P2/c1-20(2)7-6-8-21(3)25-11-12-26-24-10-9-22-19-23(33-18-17-31-32-30)13-15-28(22,4)27(24)14-16-29(25,26)5;1-20(2)7-6-8-21(3)25-11-12-26-24-10-9-22-19-23(31-18-17-30)13-15-28(22,4)27(24)14-16-29(25,26)5;1-2/h9,20-21,23-27H,6-8,10-19H2,1-5H3;9,20-21,23-27H,6-8,10-19,30H2,1-5H3;1-2H2/t2*21-,23+,24+,25-,26+,27+,28+,29-;/m11./s1/i;;1T. The summed E-state index contributed by atoms with van der Waals surface area (Å²) >= 11 is 0. The normalized spacial score (nSPS) is 41.2. The van der Waals surface area contributed by atoms with Crippen molar-refractivity contribution in [2.75, 3.05) is 26.3 Å². The molecule has 0 amide bonds. The maximum atomic E-state index is 8.48. The number of azide groups is 1. The third kappa shape index (κ3) is 11.7. The van der Waals surface area contributed by atoms with Crippen molar-refractivity contribution in [3.63, 3.8) is 0 Å². The van der Waals surface area contributed by atoms with E-state index in [1.807, 2.05) is 0 Å². The Morgan fingerprint density at radius 3 is 1.52 bits per heavy atom. The third-order valence-electron chi connectivity index (χ3n) is 21.6. The van der Waals surface area contributed by atoms with Gasteiger partial charge in [0.25, 0.3) is 0 Å². The summed E-state index contributed by atoms with van der Waals surface area (Å²) in [4.78, 5) is 2.84. The summed E-state index contributed by atoms with van der Waals surface area (Å²) in [5, 5.41) is 3.63. The summed E-state index contributed by atoms with van der Waals surface area (Å²) in [5.74, 6) is 10.9. The highest BCUT2D eigenvalue weighted by Gasteiger charge is 2.61. The summed E-state index contributed by atoms with van der Waals surface area (Å²) in [5.41, 5.74) is 19.6. The SMILES string of the molecule is CC(C)CCC[C@@H](C)[C@H]1CC[C@H]2[C@@H]3CC=C4C[C@@H](OCCN)CC[C@]4(C)[C@H]3CC[C@]12C.CC(C)CCC[C@@H](C)[C@H]1CC[C@H]2[C@@H]3CC=C4C[C@@H](OCCN=[N+]=[N-])CC[C@]4(C)[C@H]3CC[C@]12C.[3H]PP. The van der Waals surface area contributed by atoms with Crippen LogP contribution in [0.3, 0.4) is 0 Å². The minimum Gasteiger partial charge on any atom is -0.378 e. The molecule has 0 heterocycles. The molecule has 8 aliphatic carbocycles. The van der Waals surface area contributed by atoms with Crippen LogP contribution in [0.25, 0.3) is 10.4 Å². The summed E-state index contributed by atoms with van der Waals surface area (Å²) in [7, 11) is 2.52. The number of hydrogen-bond donors (Lipinski definition) is 1. The van der Waals surface area contributed by atoms with E-state index in [0.717, 1.165) is 96.9 Å². The first-order valence-corrected chi connectivity index (χ1v) is 30.5. The fourth-order valence-electron chi connectivity index (χ4n) is 18.1. The first-order valence-electron chi connectivity index (χ1n) is 28.7. The van der Waals surface area contributed by atoms with Crippen LogP contribution in [0.5, 0.6) is 0 Å². The van der Waals surface area contributed by atoms with E-state index < -0.39 is 0 Å². The van der Waals surface area contributed by atoms with Gasteiger partial charge in [-0.3, -0.25) is 0 Å². The topological polar surface area (TPSA) is 93.2 Å². The molecule has 0 aromatic rings. The zero-order chi connectivity index (χ0) is 48.6. The Bertz CT molecular complexity index is 1670. The number of fused-ring (bicyclic) bond motifs is 10. The Hall–Kier alpha value is -0.470. The zero-order valence-corrected chi connectivity index (χ0v) is 46.6. The van der Waals surface area contributed by atoms with E-state index in [-0.39, 0.29) is 8.87 Å². The molecule has 0 aliphatic heterocycles. The van der Waals surface area contributed by atoms with E-state index in [2.05, 4.69) is 100 Å². The fourth-order valence-corrected chi connectivity index (χ4v) is 18.1. The van der Waals surface area contributed by atoms with E-state index in [0.29, 0.717) is 53.6 Å². The Morgan fingerprint density at radius 1 is 0.667 bits per heavy atom. The predicted molar refractivity (Wildman–Crippen MR) is 288 cm³/mol. The molecule has 0 bridgehead atoms. The maximum absolute atomic E-state index is 8.48. The lowest BCUT2D eigenvalue weighted by Crippen LogP contribution is -2.51.